The summed E-state index contributed by atoms with van der Waals surface area (Å²) in [6.07, 6.45) is 5.69. The third kappa shape index (κ3) is 0.754. The van der Waals surface area contributed by atoms with E-state index in [-0.39, 0.29) is 0 Å². The molecule has 0 spiro atoms. The molecule has 56 valence electrons. The van der Waals surface area contributed by atoms with Gasteiger partial charge in [-0.1, -0.05) is 0 Å². The highest BCUT2D eigenvalue weighted by Gasteiger charge is 2.39. The van der Waals surface area contributed by atoms with Gasteiger partial charge in [0.25, 0.3) is 0 Å². The van der Waals surface area contributed by atoms with Gasteiger partial charge in [0.1, 0.15) is 0 Å². The van der Waals surface area contributed by atoms with E-state index in [0.29, 0.717) is 0 Å². The van der Waals surface area contributed by atoms with Gasteiger partial charge in [-0.2, -0.15) is 0 Å². The van der Waals surface area contributed by atoms with Gasteiger partial charge in [-0.05, 0) is 24.8 Å². The van der Waals surface area contributed by atoms with E-state index in [4.69, 9.17) is 4.74 Å². The molecular formula is C8H12O2. The Morgan fingerprint density at radius 1 is 1.50 bits per heavy atom. The summed E-state index contributed by atoms with van der Waals surface area (Å²) >= 11 is 0. The Balaban J connectivity index is 2.09. The number of hydrogen-bond donors (Lipinski definition) is 1. The summed E-state index contributed by atoms with van der Waals surface area (Å²) in [7, 11) is 0. The normalized spacial score (nSPS) is 28.7. The van der Waals surface area contributed by atoms with E-state index < -0.39 is 5.60 Å². The molecule has 1 heterocycles. The lowest BCUT2D eigenvalue weighted by atomic mass is 9.74. The fourth-order valence-electron chi connectivity index (χ4n) is 1.56. The zero-order valence-corrected chi connectivity index (χ0v) is 5.97. The van der Waals surface area contributed by atoms with Crippen LogP contribution in [-0.2, 0) is 4.74 Å². The molecule has 0 bridgehead atoms. The van der Waals surface area contributed by atoms with Crippen molar-refractivity contribution in [3.05, 3.63) is 11.8 Å². The first-order valence-corrected chi connectivity index (χ1v) is 3.85. The van der Waals surface area contributed by atoms with E-state index in [1.165, 1.54) is 0 Å². The van der Waals surface area contributed by atoms with Crippen LogP contribution in [0.5, 0.6) is 0 Å². The van der Waals surface area contributed by atoms with Gasteiger partial charge >= 0.3 is 0 Å². The van der Waals surface area contributed by atoms with Crippen molar-refractivity contribution >= 4 is 0 Å². The molecule has 1 aliphatic heterocycles. The van der Waals surface area contributed by atoms with Gasteiger partial charge in [0.2, 0.25) is 0 Å². The maximum atomic E-state index is 9.76. The van der Waals surface area contributed by atoms with Crippen LogP contribution in [0.2, 0.25) is 0 Å². The molecule has 0 aromatic carbocycles. The first-order valence-electron chi connectivity index (χ1n) is 3.85. The summed E-state index contributed by atoms with van der Waals surface area (Å²) in [5.74, 6) is 0. The van der Waals surface area contributed by atoms with Crippen LogP contribution in [0.4, 0.5) is 0 Å². The lowest BCUT2D eigenvalue weighted by molar-refractivity contribution is 0.000864. The van der Waals surface area contributed by atoms with Crippen LogP contribution >= 0.6 is 0 Å². The lowest BCUT2D eigenvalue weighted by Gasteiger charge is -2.37. The maximum Gasteiger partial charge on any atom is 0.0912 e. The molecule has 1 saturated carbocycles. The Morgan fingerprint density at radius 2 is 2.30 bits per heavy atom. The monoisotopic (exact) mass is 140 g/mol. The van der Waals surface area contributed by atoms with Gasteiger partial charge in [-0.3, -0.25) is 0 Å². The summed E-state index contributed by atoms with van der Waals surface area (Å²) in [5, 5.41) is 9.76. The highest BCUT2D eigenvalue weighted by molar-refractivity contribution is 5.20. The second-order valence-electron chi connectivity index (χ2n) is 3.15. The van der Waals surface area contributed by atoms with E-state index in [1.807, 2.05) is 0 Å². The lowest BCUT2D eigenvalue weighted by Crippen LogP contribution is -2.38. The van der Waals surface area contributed by atoms with Crippen molar-refractivity contribution in [2.24, 2.45) is 0 Å². The highest BCUT2D eigenvalue weighted by Crippen LogP contribution is 2.40. The first-order chi connectivity index (χ1) is 4.81. The zero-order chi connectivity index (χ0) is 7.03. The van der Waals surface area contributed by atoms with Crippen molar-refractivity contribution in [2.45, 2.75) is 31.3 Å². The second-order valence-corrected chi connectivity index (χ2v) is 3.15. The van der Waals surface area contributed by atoms with E-state index in [9.17, 15) is 5.11 Å². The van der Waals surface area contributed by atoms with E-state index in [2.05, 4.69) is 0 Å². The van der Waals surface area contributed by atoms with Crippen LogP contribution < -0.4 is 0 Å². The average Bonchev–Trinajstić information content (AvgIpc) is 2.33. The Morgan fingerprint density at radius 3 is 2.70 bits per heavy atom. The number of ether oxygens (including phenoxy) is 1. The topological polar surface area (TPSA) is 29.5 Å². The molecule has 2 heteroatoms. The molecule has 0 saturated heterocycles. The largest absolute Gasteiger partial charge is 0.501 e. The van der Waals surface area contributed by atoms with Gasteiger partial charge in [0.15, 0.2) is 0 Å². The van der Waals surface area contributed by atoms with Gasteiger partial charge in [-0.25, -0.2) is 0 Å². The van der Waals surface area contributed by atoms with Crippen LogP contribution in [0, 0.1) is 0 Å². The standard InChI is InChI=1S/C8H12O2/c9-8(3-1-4-8)7-2-5-10-6-7/h6,9H,1-5H2. The second kappa shape index (κ2) is 1.99. The number of aliphatic hydroxyl groups is 1. The van der Waals surface area contributed by atoms with Crippen molar-refractivity contribution in [3.8, 4) is 0 Å². The fourth-order valence-corrected chi connectivity index (χ4v) is 1.56. The zero-order valence-electron chi connectivity index (χ0n) is 5.97. The summed E-state index contributed by atoms with van der Waals surface area (Å²) in [5.41, 5.74) is 0.648. The van der Waals surface area contributed by atoms with Crippen molar-refractivity contribution in [2.75, 3.05) is 6.61 Å². The van der Waals surface area contributed by atoms with Crippen molar-refractivity contribution in [1.29, 1.82) is 0 Å². The Labute approximate surface area is 60.5 Å². The Kier molecular flexibility index (Phi) is 1.24. The molecule has 2 rings (SSSR count). The van der Waals surface area contributed by atoms with Gasteiger partial charge < -0.3 is 9.84 Å². The molecule has 1 N–H and O–H groups in total. The Bertz CT molecular complexity index is 168. The minimum absolute atomic E-state index is 0.462. The molecule has 0 aromatic rings. The smallest absolute Gasteiger partial charge is 0.0912 e. The molecular weight excluding hydrogens is 128 g/mol. The van der Waals surface area contributed by atoms with Crippen molar-refractivity contribution in [3.63, 3.8) is 0 Å². The predicted molar refractivity (Wildman–Crippen MR) is 37.5 cm³/mol. The van der Waals surface area contributed by atoms with Crippen LogP contribution in [0.3, 0.4) is 0 Å². The molecule has 10 heavy (non-hydrogen) atoms. The quantitative estimate of drug-likeness (QED) is 0.593. The molecule has 0 unspecified atom stereocenters. The minimum atomic E-state index is -0.462. The van der Waals surface area contributed by atoms with Gasteiger partial charge in [0, 0.05) is 6.42 Å². The third-order valence-electron chi connectivity index (χ3n) is 2.49. The predicted octanol–water partition coefficient (Wildman–Crippen LogP) is 1.21. The number of rotatable bonds is 1. The average molecular weight is 140 g/mol. The van der Waals surface area contributed by atoms with Crippen LogP contribution in [0.25, 0.3) is 0 Å². The van der Waals surface area contributed by atoms with Crippen LogP contribution in [0.15, 0.2) is 11.8 Å². The third-order valence-corrected chi connectivity index (χ3v) is 2.49. The molecule has 2 nitrogen and oxygen atoms in total. The summed E-state index contributed by atoms with van der Waals surface area (Å²) < 4.78 is 5.06. The fraction of sp³-hybridized carbons (Fsp3) is 0.750. The first kappa shape index (κ1) is 6.23. The number of hydrogen-bond acceptors (Lipinski definition) is 2. The minimum Gasteiger partial charge on any atom is -0.501 e. The SMILES string of the molecule is OC1(C2=COCC2)CCC1. The Hall–Kier alpha value is -0.500. The molecule has 2 aliphatic rings. The molecule has 0 atom stereocenters. The summed E-state index contributed by atoms with van der Waals surface area (Å²) in [6.45, 7) is 0.762. The van der Waals surface area contributed by atoms with Crippen molar-refractivity contribution in [1.82, 2.24) is 0 Å². The molecule has 0 radical (unpaired) electrons. The van der Waals surface area contributed by atoms with Crippen LogP contribution in [0.1, 0.15) is 25.7 Å². The van der Waals surface area contributed by atoms with E-state index >= 15 is 0 Å². The van der Waals surface area contributed by atoms with Crippen LogP contribution in [-0.4, -0.2) is 17.3 Å². The highest BCUT2D eigenvalue weighted by atomic mass is 16.5. The van der Waals surface area contributed by atoms with E-state index in [1.54, 1.807) is 6.26 Å². The molecule has 1 fully saturated rings. The van der Waals surface area contributed by atoms with Gasteiger partial charge in [0.05, 0.1) is 18.5 Å². The van der Waals surface area contributed by atoms with Crippen molar-refractivity contribution < 1.29 is 9.84 Å². The summed E-state index contributed by atoms with van der Waals surface area (Å²) in [6, 6.07) is 0. The molecule has 0 aromatic heterocycles. The summed E-state index contributed by atoms with van der Waals surface area (Å²) in [4.78, 5) is 0. The molecule has 0 amide bonds. The maximum absolute atomic E-state index is 9.76. The van der Waals surface area contributed by atoms with Gasteiger partial charge in [-0.15, -0.1) is 0 Å². The van der Waals surface area contributed by atoms with E-state index in [0.717, 1.165) is 37.9 Å². The molecule has 1 aliphatic carbocycles.